The molecule has 1 aromatic carbocycles. The van der Waals surface area contributed by atoms with Crippen LogP contribution in [0.1, 0.15) is 0 Å². The Morgan fingerprint density at radius 1 is 1.08 bits per heavy atom. The summed E-state index contributed by atoms with van der Waals surface area (Å²) in [6, 6.07) is 6.85. The van der Waals surface area contributed by atoms with Crippen LogP contribution in [0.15, 0.2) is 24.3 Å². The molecule has 0 atom stereocenters. The lowest BCUT2D eigenvalue weighted by atomic mass is 10.4. The van der Waals surface area contributed by atoms with E-state index in [0.29, 0.717) is 0 Å². The molecule has 1 aromatic rings. The van der Waals surface area contributed by atoms with Gasteiger partial charge in [-0.1, -0.05) is 42.5 Å². The van der Waals surface area contributed by atoms with Crippen LogP contribution in [-0.4, -0.2) is 17.5 Å². The van der Waals surface area contributed by atoms with Gasteiger partial charge in [-0.05, 0) is 6.55 Å². The molecule has 1 radical (unpaired) electrons. The summed E-state index contributed by atoms with van der Waals surface area (Å²) in [7, 11) is -4.58. The van der Waals surface area contributed by atoms with Crippen molar-refractivity contribution in [2.75, 3.05) is 0 Å². The lowest BCUT2D eigenvalue weighted by Gasteiger charge is -2.08. The van der Waals surface area contributed by atoms with Gasteiger partial charge < -0.3 is 0 Å². The third kappa shape index (κ3) is 2.74. The summed E-state index contributed by atoms with van der Waals surface area (Å²) in [4.78, 5) is 0. The quantitative estimate of drug-likeness (QED) is 0.522. The molecule has 0 unspecified atom stereocenters. The SMILES string of the molecule is C[Si](C)c1ccc([Si](C)(F)F)cc1. The number of halogens is 2. The van der Waals surface area contributed by atoms with Crippen LogP contribution in [0.3, 0.4) is 0 Å². The lowest BCUT2D eigenvalue weighted by molar-refractivity contribution is 0.642. The minimum absolute atomic E-state index is 0.236. The topological polar surface area (TPSA) is 0 Å². The lowest BCUT2D eigenvalue weighted by Crippen LogP contribution is -2.36. The molecule has 0 amide bonds. The Hall–Kier alpha value is -0.486. The van der Waals surface area contributed by atoms with Crippen LogP contribution in [0.25, 0.3) is 0 Å². The van der Waals surface area contributed by atoms with Gasteiger partial charge in [0.15, 0.2) is 0 Å². The maximum absolute atomic E-state index is 12.9. The average Bonchev–Trinajstić information content (AvgIpc) is 2.03. The van der Waals surface area contributed by atoms with Crippen molar-refractivity contribution in [1.82, 2.24) is 0 Å². The molecule has 4 heteroatoms. The molecule has 1 rings (SSSR count). The van der Waals surface area contributed by atoms with E-state index in [1.807, 2.05) is 12.1 Å². The third-order valence-corrected chi connectivity index (χ3v) is 4.80. The van der Waals surface area contributed by atoms with Crippen molar-refractivity contribution < 1.29 is 8.22 Å². The first-order valence-corrected chi connectivity index (χ1v) is 8.96. The van der Waals surface area contributed by atoms with Crippen molar-refractivity contribution >= 4 is 27.9 Å². The van der Waals surface area contributed by atoms with Crippen LogP contribution in [0.2, 0.25) is 19.6 Å². The van der Waals surface area contributed by atoms with Crippen molar-refractivity contribution in [3.63, 3.8) is 0 Å². The standard InChI is InChI=1S/C9H13F2Si2/c1-12(2)8-4-6-9(7-5-8)13(3,10)11/h4-7H,1-3H3. The summed E-state index contributed by atoms with van der Waals surface area (Å²) in [5, 5.41) is 1.45. The second-order valence-electron chi connectivity index (χ2n) is 3.47. The van der Waals surface area contributed by atoms with Crippen LogP contribution in [-0.2, 0) is 0 Å². The Bertz CT molecular complexity index is 275. The van der Waals surface area contributed by atoms with E-state index in [-0.39, 0.29) is 5.19 Å². The van der Waals surface area contributed by atoms with Gasteiger partial charge in [0.25, 0.3) is 0 Å². The van der Waals surface area contributed by atoms with Crippen molar-refractivity contribution in [2.24, 2.45) is 0 Å². The molecule has 0 aliphatic carbocycles. The average molecular weight is 215 g/mol. The van der Waals surface area contributed by atoms with Gasteiger partial charge >= 0.3 is 8.74 Å². The summed E-state index contributed by atoms with van der Waals surface area (Å²) in [5.74, 6) is 0. The molecule has 0 aromatic heterocycles. The monoisotopic (exact) mass is 215 g/mol. The van der Waals surface area contributed by atoms with Gasteiger partial charge in [0.1, 0.15) is 0 Å². The van der Waals surface area contributed by atoms with Crippen LogP contribution in [0.5, 0.6) is 0 Å². The number of hydrogen-bond acceptors (Lipinski definition) is 0. The Labute approximate surface area is 80.6 Å². The van der Waals surface area contributed by atoms with E-state index < -0.39 is 17.5 Å². The fourth-order valence-electron chi connectivity index (χ4n) is 1.10. The van der Waals surface area contributed by atoms with Crippen LogP contribution < -0.4 is 10.4 Å². The van der Waals surface area contributed by atoms with Crippen molar-refractivity contribution in [3.8, 4) is 0 Å². The molecule has 0 saturated carbocycles. The third-order valence-electron chi connectivity index (χ3n) is 1.97. The zero-order valence-corrected chi connectivity index (χ0v) is 10.1. The molecule has 0 aliphatic heterocycles. The maximum Gasteiger partial charge on any atom is 0.452 e. The van der Waals surface area contributed by atoms with E-state index in [1.165, 1.54) is 5.19 Å². The van der Waals surface area contributed by atoms with E-state index in [9.17, 15) is 8.22 Å². The molecular weight excluding hydrogens is 202 g/mol. The zero-order valence-electron chi connectivity index (χ0n) is 8.07. The Morgan fingerprint density at radius 3 is 1.85 bits per heavy atom. The second kappa shape index (κ2) is 3.71. The van der Waals surface area contributed by atoms with Gasteiger partial charge in [-0.15, -0.1) is 0 Å². The van der Waals surface area contributed by atoms with E-state index >= 15 is 0 Å². The minimum atomic E-state index is -4.08. The highest BCUT2D eigenvalue weighted by molar-refractivity contribution is 6.79. The van der Waals surface area contributed by atoms with Crippen molar-refractivity contribution in [1.29, 1.82) is 0 Å². The first-order chi connectivity index (χ1) is 5.91. The molecule has 0 saturated heterocycles. The molecule has 0 aliphatic rings. The first-order valence-electron chi connectivity index (χ1n) is 4.20. The molecule has 0 N–H and O–H groups in total. The van der Waals surface area contributed by atoms with E-state index in [0.717, 1.165) is 6.55 Å². The van der Waals surface area contributed by atoms with Crippen molar-refractivity contribution in [3.05, 3.63) is 24.3 Å². The largest absolute Gasteiger partial charge is 0.452 e. The molecule has 0 heterocycles. The van der Waals surface area contributed by atoms with Crippen LogP contribution in [0.4, 0.5) is 8.22 Å². The number of benzene rings is 1. The molecular formula is C9H13F2Si2. The van der Waals surface area contributed by atoms with Gasteiger partial charge in [-0.25, -0.2) is 0 Å². The van der Waals surface area contributed by atoms with Crippen molar-refractivity contribution in [2.45, 2.75) is 19.6 Å². The summed E-state index contributed by atoms with van der Waals surface area (Å²) in [6.45, 7) is 5.37. The van der Waals surface area contributed by atoms with Gasteiger partial charge in [-0.3, -0.25) is 8.22 Å². The van der Waals surface area contributed by atoms with E-state index in [1.54, 1.807) is 12.1 Å². The predicted octanol–water partition coefficient (Wildman–Crippen LogP) is 1.87. The molecule has 0 fully saturated rings. The number of rotatable bonds is 2. The molecule has 71 valence electrons. The van der Waals surface area contributed by atoms with E-state index in [4.69, 9.17) is 0 Å². The zero-order chi connectivity index (χ0) is 10.1. The maximum atomic E-state index is 12.9. The Kier molecular flexibility index (Phi) is 3.03. The molecule has 0 bridgehead atoms. The number of hydrogen-bond donors (Lipinski definition) is 0. The Morgan fingerprint density at radius 2 is 1.54 bits per heavy atom. The van der Waals surface area contributed by atoms with Crippen LogP contribution in [0, 0.1) is 0 Å². The Balaban J connectivity index is 2.94. The summed E-state index contributed by atoms with van der Waals surface area (Å²) in [6.07, 6.45) is 0. The van der Waals surface area contributed by atoms with Gasteiger partial charge in [-0.2, -0.15) is 0 Å². The highest BCUT2D eigenvalue weighted by Gasteiger charge is 2.30. The van der Waals surface area contributed by atoms with Crippen LogP contribution >= 0.6 is 0 Å². The first kappa shape index (κ1) is 10.6. The second-order valence-corrected chi connectivity index (χ2v) is 8.40. The smallest absolute Gasteiger partial charge is 0.265 e. The highest BCUT2D eigenvalue weighted by atomic mass is 28.4. The molecule has 13 heavy (non-hydrogen) atoms. The highest BCUT2D eigenvalue weighted by Crippen LogP contribution is 2.05. The fraction of sp³-hybridized carbons (Fsp3) is 0.333. The summed E-state index contributed by atoms with van der Waals surface area (Å²) >= 11 is 0. The van der Waals surface area contributed by atoms with Gasteiger partial charge in [0, 0.05) is 5.19 Å². The minimum Gasteiger partial charge on any atom is -0.265 e. The normalized spacial score (nSPS) is 12.2. The van der Waals surface area contributed by atoms with Gasteiger partial charge in [0.2, 0.25) is 0 Å². The van der Waals surface area contributed by atoms with E-state index in [2.05, 4.69) is 13.1 Å². The molecule has 0 nitrogen and oxygen atoms in total. The van der Waals surface area contributed by atoms with Gasteiger partial charge in [0.05, 0.1) is 8.80 Å². The summed E-state index contributed by atoms with van der Waals surface area (Å²) in [5.41, 5.74) is 0. The summed E-state index contributed by atoms with van der Waals surface area (Å²) < 4.78 is 25.9. The predicted molar refractivity (Wildman–Crippen MR) is 57.0 cm³/mol. The fourth-order valence-corrected chi connectivity index (χ4v) is 2.68. The molecule has 0 spiro atoms.